The Bertz CT molecular complexity index is 3740. The van der Waals surface area contributed by atoms with Crippen molar-refractivity contribution in [3.8, 4) is 22.3 Å². The molecule has 2 heterocycles. The SMILES string of the molecule is C=C/C=C\c1cc2c(ccc3c(-c4c5ccccc5c(-c5cc6ccc7sc8ccccc8c7c6c6c5sc5ccccc56)c5ccccc45)cccc32)c(CC)c1C. The fourth-order valence-corrected chi connectivity index (χ4v) is 12.6. The molecule has 2 aromatic heterocycles. The van der Waals surface area contributed by atoms with Crippen LogP contribution in [0, 0.1) is 6.92 Å². The Morgan fingerprint density at radius 1 is 0.475 bits per heavy atom. The van der Waals surface area contributed by atoms with Gasteiger partial charge in [0.05, 0.1) is 0 Å². The molecule has 12 aromatic rings. The molecule has 0 amide bonds. The van der Waals surface area contributed by atoms with Crippen molar-refractivity contribution in [2.24, 2.45) is 0 Å². The van der Waals surface area contributed by atoms with Crippen molar-refractivity contribution in [1.82, 2.24) is 0 Å². The fourth-order valence-electron chi connectivity index (χ4n) is 10.3. The lowest BCUT2D eigenvalue weighted by molar-refractivity contribution is 1.13. The third kappa shape index (κ3) is 4.94. The summed E-state index contributed by atoms with van der Waals surface area (Å²) in [6, 6.07) is 57.5. The van der Waals surface area contributed by atoms with E-state index in [1.54, 1.807) is 0 Å². The first-order chi connectivity index (χ1) is 29.1. The van der Waals surface area contributed by atoms with E-state index in [0.29, 0.717) is 0 Å². The summed E-state index contributed by atoms with van der Waals surface area (Å²) < 4.78 is 5.36. The highest BCUT2D eigenvalue weighted by Gasteiger charge is 2.23. The van der Waals surface area contributed by atoms with Crippen LogP contribution in [0.4, 0.5) is 0 Å². The van der Waals surface area contributed by atoms with Crippen LogP contribution in [0.25, 0.3) is 123 Å². The second-order valence-electron chi connectivity index (χ2n) is 15.8. The average Bonchev–Trinajstić information content (AvgIpc) is 3.86. The summed E-state index contributed by atoms with van der Waals surface area (Å²) in [4.78, 5) is 0. The van der Waals surface area contributed by atoms with Gasteiger partial charge in [-0.2, -0.15) is 0 Å². The number of allylic oxidation sites excluding steroid dienone is 2. The van der Waals surface area contributed by atoms with Crippen LogP contribution in [0.5, 0.6) is 0 Å². The number of fused-ring (bicyclic) bond motifs is 14. The quantitative estimate of drug-likeness (QED) is 0.0926. The summed E-state index contributed by atoms with van der Waals surface area (Å²) in [5.41, 5.74) is 9.18. The molecule has 0 saturated heterocycles. The van der Waals surface area contributed by atoms with E-state index in [9.17, 15) is 0 Å². The number of hydrogen-bond donors (Lipinski definition) is 0. The van der Waals surface area contributed by atoms with Gasteiger partial charge < -0.3 is 0 Å². The van der Waals surface area contributed by atoms with Gasteiger partial charge >= 0.3 is 0 Å². The maximum Gasteiger partial charge on any atom is 0.0440 e. The van der Waals surface area contributed by atoms with Crippen LogP contribution >= 0.6 is 22.7 Å². The zero-order valence-electron chi connectivity index (χ0n) is 32.9. The second-order valence-corrected chi connectivity index (χ2v) is 17.9. The van der Waals surface area contributed by atoms with Crippen molar-refractivity contribution in [2.75, 3.05) is 0 Å². The van der Waals surface area contributed by atoms with Gasteiger partial charge in [0.1, 0.15) is 0 Å². The standard InChI is InChI=1S/C57H38S2/c1-4-6-16-34-31-47-37-23-15-24-40(39(37)29-28-38(47)36(5-2)33(34)3)53-41-17-7-9-19-43(41)54(44-20-10-8-18-42(44)53)48-32-35-27-30-51-55(45-21-11-13-25-49(45)58-51)52(35)56-46-22-12-14-26-50(46)59-57(48)56/h4,6-32H,1,5H2,2-3H3/b16-6-. The summed E-state index contributed by atoms with van der Waals surface area (Å²) in [6.07, 6.45) is 7.10. The Labute approximate surface area is 350 Å². The van der Waals surface area contributed by atoms with Gasteiger partial charge in [0.15, 0.2) is 0 Å². The van der Waals surface area contributed by atoms with Crippen molar-refractivity contribution in [3.05, 3.63) is 187 Å². The van der Waals surface area contributed by atoms with Gasteiger partial charge in [-0.1, -0.05) is 153 Å². The van der Waals surface area contributed by atoms with Gasteiger partial charge in [-0.25, -0.2) is 0 Å². The molecule has 0 atom stereocenters. The molecule has 12 rings (SSSR count). The minimum Gasteiger partial charge on any atom is -0.135 e. The molecule has 0 aliphatic carbocycles. The molecule has 0 saturated carbocycles. The largest absolute Gasteiger partial charge is 0.135 e. The van der Waals surface area contributed by atoms with E-state index in [0.717, 1.165) is 6.42 Å². The second kappa shape index (κ2) is 13.2. The lowest BCUT2D eigenvalue weighted by Crippen LogP contribution is -1.95. The number of benzene rings is 10. The van der Waals surface area contributed by atoms with Crippen molar-refractivity contribution >= 4 is 123 Å². The molecular weight excluding hydrogens is 749 g/mol. The van der Waals surface area contributed by atoms with Crippen LogP contribution in [-0.2, 0) is 6.42 Å². The van der Waals surface area contributed by atoms with Gasteiger partial charge in [0, 0.05) is 51.3 Å². The van der Waals surface area contributed by atoms with Crippen LogP contribution < -0.4 is 0 Å². The summed E-state index contributed by atoms with van der Waals surface area (Å²) in [5, 5.41) is 18.4. The minimum absolute atomic E-state index is 0.983. The van der Waals surface area contributed by atoms with E-state index in [1.165, 1.54) is 133 Å². The van der Waals surface area contributed by atoms with E-state index in [4.69, 9.17) is 0 Å². The van der Waals surface area contributed by atoms with Crippen LogP contribution in [0.15, 0.2) is 170 Å². The first-order valence-electron chi connectivity index (χ1n) is 20.5. The monoisotopic (exact) mass is 786 g/mol. The van der Waals surface area contributed by atoms with Crippen molar-refractivity contribution in [3.63, 3.8) is 0 Å². The van der Waals surface area contributed by atoms with Gasteiger partial charge in [-0.05, 0) is 126 Å². The van der Waals surface area contributed by atoms with Crippen LogP contribution in [0.1, 0.15) is 23.6 Å². The number of hydrogen-bond acceptors (Lipinski definition) is 2. The molecule has 0 bridgehead atoms. The Morgan fingerprint density at radius 2 is 1.07 bits per heavy atom. The minimum atomic E-state index is 0.983. The molecule has 0 N–H and O–H groups in total. The van der Waals surface area contributed by atoms with Crippen LogP contribution in [0.3, 0.4) is 0 Å². The number of rotatable bonds is 5. The molecule has 278 valence electrons. The van der Waals surface area contributed by atoms with Crippen LogP contribution in [-0.4, -0.2) is 0 Å². The van der Waals surface area contributed by atoms with E-state index < -0.39 is 0 Å². The van der Waals surface area contributed by atoms with E-state index in [2.05, 4.69) is 184 Å². The van der Waals surface area contributed by atoms with Gasteiger partial charge in [0.25, 0.3) is 0 Å². The summed E-state index contributed by atoms with van der Waals surface area (Å²) in [7, 11) is 0. The Balaban J connectivity index is 1.21. The molecular formula is C57H38S2. The summed E-state index contributed by atoms with van der Waals surface area (Å²) in [5.74, 6) is 0. The molecule has 0 unspecified atom stereocenters. The lowest BCUT2D eigenvalue weighted by Gasteiger charge is -2.20. The zero-order chi connectivity index (χ0) is 39.4. The van der Waals surface area contributed by atoms with Crippen molar-refractivity contribution in [1.29, 1.82) is 0 Å². The Kier molecular flexibility index (Phi) is 7.72. The maximum absolute atomic E-state index is 3.95. The Morgan fingerprint density at radius 3 is 1.75 bits per heavy atom. The molecule has 59 heavy (non-hydrogen) atoms. The topological polar surface area (TPSA) is 0 Å². The number of thiophene rings is 2. The van der Waals surface area contributed by atoms with Gasteiger partial charge in [0.2, 0.25) is 0 Å². The normalized spacial score (nSPS) is 12.3. The first kappa shape index (κ1) is 34.5. The number of aryl methyl sites for hydroxylation is 1. The van der Waals surface area contributed by atoms with Crippen molar-refractivity contribution < 1.29 is 0 Å². The van der Waals surface area contributed by atoms with E-state index in [1.807, 2.05) is 28.7 Å². The van der Waals surface area contributed by atoms with Crippen molar-refractivity contribution in [2.45, 2.75) is 20.3 Å². The predicted molar refractivity (Wildman–Crippen MR) is 264 cm³/mol. The molecule has 10 aromatic carbocycles. The molecule has 0 nitrogen and oxygen atoms in total. The van der Waals surface area contributed by atoms with Gasteiger partial charge in [-0.3, -0.25) is 0 Å². The van der Waals surface area contributed by atoms with E-state index >= 15 is 0 Å². The lowest BCUT2D eigenvalue weighted by atomic mass is 9.83. The smallest absolute Gasteiger partial charge is 0.0440 e. The first-order valence-corrected chi connectivity index (χ1v) is 22.2. The summed E-state index contributed by atoms with van der Waals surface area (Å²) >= 11 is 3.84. The fraction of sp³-hybridized carbons (Fsp3) is 0.0526. The molecule has 0 aliphatic rings. The third-order valence-corrected chi connectivity index (χ3v) is 15.2. The average molecular weight is 787 g/mol. The van der Waals surface area contributed by atoms with Crippen LogP contribution in [0.2, 0.25) is 0 Å². The highest BCUT2D eigenvalue weighted by atomic mass is 32.1. The Hall–Kier alpha value is -6.58. The molecule has 2 heteroatoms. The van der Waals surface area contributed by atoms with E-state index in [-0.39, 0.29) is 0 Å². The molecule has 0 spiro atoms. The molecule has 0 aliphatic heterocycles. The predicted octanol–water partition coefficient (Wildman–Crippen LogP) is 17.6. The summed E-state index contributed by atoms with van der Waals surface area (Å²) in [6.45, 7) is 8.48. The maximum atomic E-state index is 3.95. The highest BCUT2D eigenvalue weighted by molar-refractivity contribution is 7.27. The molecule has 0 fully saturated rings. The van der Waals surface area contributed by atoms with Gasteiger partial charge in [-0.15, -0.1) is 22.7 Å². The highest BCUT2D eigenvalue weighted by Crippen LogP contribution is 2.52. The zero-order valence-corrected chi connectivity index (χ0v) is 34.5. The molecule has 0 radical (unpaired) electrons. The third-order valence-electron chi connectivity index (χ3n) is 12.8.